The van der Waals surface area contributed by atoms with E-state index >= 15 is 0 Å². The molecule has 3 rings (SSSR count). The van der Waals surface area contributed by atoms with Gasteiger partial charge in [0.05, 0.1) is 0 Å². The van der Waals surface area contributed by atoms with Gasteiger partial charge in [-0.3, -0.25) is 0 Å². The minimum atomic E-state index is 0.242. The lowest BCUT2D eigenvalue weighted by Crippen LogP contribution is -2.72. The molecule has 1 aliphatic rings. The van der Waals surface area contributed by atoms with Crippen LogP contribution in [-0.4, -0.2) is 55.7 Å². The zero-order chi connectivity index (χ0) is 15.5. The highest BCUT2D eigenvalue weighted by Crippen LogP contribution is 2.24. The molecule has 1 aliphatic heterocycles. The van der Waals surface area contributed by atoms with E-state index in [1.54, 1.807) is 0 Å². The van der Waals surface area contributed by atoms with Crippen LogP contribution in [0.5, 0.6) is 0 Å². The van der Waals surface area contributed by atoms with Crippen LogP contribution < -0.4 is 8.95 Å². The number of benzene rings is 1. The fourth-order valence-electron chi connectivity index (χ4n) is 2.86. The van der Waals surface area contributed by atoms with E-state index in [0.29, 0.717) is 22.8 Å². The summed E-state index contributed by atoms with van der Waals surface area (Å²) in [5.74, 6) is 0.653. The Morgan fingerprint density at radius 1 is 1.14 bits per heavy atom. The van der Waals surface area contributed by atoms with Gasteiger partial charge in [0, 0.05) is 5.69 Å². The lowest BCUT2D eigenvalue weighted by atomic mass is 9.61. The van der Waals surface area contributed by atoms with Gasteiger partial charge in [0.25, 0.3) is 0 Å². The summed E-state index contributed by atoms with van der Waals surface area (Å²) in [7, 11) is 0.447. The molecule has 2 aromatic rings. The van der Waals surface area contributed by atoms with Gasteiger partial charge in [0.2, 0.25) is 5.95 Å². The predicted octanol–water partition coefficient (Wildman–Crippen LogP) is 1.01. The summed E-state index contributed by atoms with van der Waals surface area (Å²) in [5.41, 5.74) is 1.22. The van der Waals surface area contributed by atoms with Gasteiger partial charge in [-0.15, -0.1) is 5.10 Å². The maximum absolute atomic E-state index is 4.17. The molecule has 0 spiro atoms. The van der Waals surface area contributed by atoms with E-state index in [0.717, 1.165) is 13.0 Å². The molecule has 1 fully saturated rings. The Balaban J connectivity index is 1.93. The quantitative estimate of drug-likeness (QED) is 0.850. The second-order valence-corrected chi connectivity index (χ2v) is 6.55. The number of nitrogens with one attached hydrogen (secondary N) is 1. The number of para-hydroxylation sites is 1. The average Bonchev–Trinajstić information content (AvgIpc) is 3.07. The standard InChI is InChI=1S/C12H19B2N7Si/c1-4-10-19-13(2)20(11-8-6-5-7-9-11)22-21(14(19)3)12-15-17-18-16-12/h5-9H,4,10H2,1-3H3,(H,15,16,17,18). The van der Waals surface area contributed by atoms with Crippen LogP contribution in [0.25, 0.3) is 0 Å². The molecular weight excluding hydrogens is 292 g/mol. The molecule has 1 saturated heterocycles. The molecule has 1 aromatic heterocycles. The van der Waals surface area contributed by atoms with Crippen LogP contribution in [0.2, 0.25) is 13.6 Å². The van der Waals surface area contributed by atoms with Gasteiger partial charge in [-0.1, -0.05) is 43.9 Å². The summed E-state index contributed by atoms with van der Waals surface area (Å²) in [5, 5.41) is 14.6. The topological polar surface area (TPSA) is 64.2 Å². The maximum Gasteiger partial charge on any atom is 0.324 e. The Labute approximate surface area is 134 Å². The van der Waals surface area contributed by atoms with Crippen LogP contribution in [0.3, 0.4) is 0 Å². The molecule has 0 saturated carbocycles. The number of anilines is 2. The first-order valence-electron chi connectivity index (χ1n) is 7.61. The molecule has 10 heteroatoms. The normalized spacial score (nSPS) is 16.5. The van der Waals surface area contributed by atoms with Crippen molar-refractivity contribution in [1.82, 2.24) is 25.3 Å². The van der Waals surface area contributed by atoms with Gasteiger partial charge in [0.1, 0.15) is 0 Å². The number of tetrazole rings is 1. The van der Waals surface area contributed by atoms with E-state index in [2.05, 4.69) is 79.1 Å². The van der Waals surface area contributed by atoms with Gasteiger partial charge < -0.3 is 13.7 Å². The van der Waals surface area contributed by atoms with Crippen molar-refractivity contribution in [2.75, 3.05) is 15.5 Å². The molecule has 0 atom stereocenters. The van der Waals surface area contributed by atoms with E-state index in [-0.39, 0.29) is 6.98 Å². The Kier molecular flexibility index (Phi) is 4.48. The lowest BCUT2D eigenvalue weighted by Gasteiger charge is -2.48. The second-order valence-electron chi connectivity index (χ2n) is 5.39. The number of rotatable bonds is 4. The molecule has 0 aliphatic carbocycles. The first kappa shape index (κ1) is 15.1. The zero-order valence-electron chi connectivity index (χ0n) is 13.1. The Bertz CT molecular complexity index is 584. The maximum atomic E-state index is 4.17. The summed E-state index contributed by atoms with van der Waals surface area (Å²) in [6.07, 6.45) is 1.11. The fourth-order valence-corrected chi connectivity index (χ4v) is 4.17. The Hall–Kier alpha value is -1.80. The van der Waals surface area contributed by atoms with Crippen LogP contribution in [0.15, 0.2) is 30.3 Å². The summed E-state index contributed by atoms with van der Waals surface area (Å²) in [4.78, 5) is 0. The van der Waals surface area contributed by atoms with Crippen molar-refractivity contribution in [2.45, 2.75) is 27.0 Å². The second kappa shape index (κ2) is 6.53. The van der Waals surface area contributed by atoms with Crippen LogP contribution >= 0.6 is 0 Å². The predicted molar refractivity (Wildman–Crippen MR) is 91.6 cm³/mol. The third-order valence-electron chi connectivity index (χ3n) is 3.99. The number of aromatic amines is 1. The summed E-state index contributed by atoms with van der Waals surface area (Å²) < 4.78 is 7.07. The monoisotopic (exact) mass is 311 g/mol. The first-order valence-corrected chi connectivity index (χ1v) is 8.50. The van der Waals surface area contributed by atoms with Crippen LogP contribution in [0, 0.1) is 0 Å². The Morgan fingerprint density at radius 2 is 1.86 bits per heavy atom. The van der Waals surface area contributed by atoms with Crippen molar-refractivity contribution in [3.8, 4) is 0 Å². The molecule has 7 nitrogen and oxygen atoms in total. The van der Waals surface area contributed by atoms with E-state index in [9.17, 15) is 0 Å². The molecule has 2 radical (unpaired) electrons. The van der Waals surface area contributed by atoms with E-state index < -0.39 is 0 Å². The lowest BCUT2D eigenvalue weighted by molar-refractivity contribution is 0.619. The van der Waals surface area contributed by atoms with Crippen molar-refractivity contribution in [2.24, 2.45) is 0 Å². The third-order valence-corrected chi connectivity index (χ3v) is 5.63. The van der Waals surface area contributed by atoms with Gasteiger partial charge >= 0.3 is 23.8 Å². The van der Waals surface area contributed by atoms with Crippen molar-refractivity contribution in [3.05, 3.63) is 30.3 Å². The highest BCUT2D eigenvalue weighted by atomic mass is 28.2. The smallest absolute Gasteiger partial charge is 0.324 e. The fraction of sp³-hybridized carbons (Fsp3) is 0.417. The van der Waals surface area contributed by atoms with Crippen LogP contribution in [0.1, 0.15) is 13.3 Å². The minimum Gasteiger partial charge on any atom is -0.413 e. The molecule has 112 valence electrons. The summed E-state index contributed by atoms with van der Waals surface area (Å²) >= 11 is 0. The van der Waals surface area contributed by atoms with Gasteiger partial charge in [-0.05, 0) is 30.3 Å². The van der Waals surface area contributed by atoms with E-state index in [1.165, 1.54) is 5.69 Å². The Morgan fingerprint density at radius 3 is 2.50 bits per heavy atom. The van der Waals surface area contributed by atoms with E-state index in [1.807, 2.05) is 6.07 Å². The number of nitrogens with zero attached hydrogens (tertiary/aromatic N) is 6. The van der Waals surface area contributed by atoms with Crippen LogP contribution in [0.4, 0.5) is 11.6 Å². The number of H-pyrrole nitrogens is 1. The first-order chi connectivity index (χ1) is 10.7. The molecule has 0 unspecified atom stereocenters. The molecule has 1 aromatic carbocycles. The summed E-state index contributed by atoms with van der Waals surface area (Å²) in [6, 6.07) is 10.5. The molecule has 0 bridgehead atoms. The largest absolute Gasteiger partial charge is 0.413 e. The molecule has 22 heavy (non-hydrogen) atoms. The number of hydrogen-bond donors (Lipinski definition) is 1. The van der Waals surface area contributed by atoms with Gasteiger partial charge in [0.15, 0.2) is 0 Å². The van der Waals surface area contributed by atoms with Gasteiger partial charge in [-0.2, -0.15) is 5.21 Å². The molecule has 2 heterocycles. The van der Waals surface area contributed by atoms with E-state index in [4.69, 9.17) is 0 Å². The van der Waals surface area contributed by atoms with Crippen molar-refractivity contribution >= 4 is 35.4 Å². The highest BCUT2D eigenvalue weighted by Gasteiger charge is 2.43. The minimum absolute atomic E-state index is 0.242. The van der Waals surface area contributed by atoms with Crippen LogP contribution in [-0.2, 0) is 0 Å². The van der Waals surface area contributed by atoms with Crippen molar-refractivity contribution in [3.63, 3.8) is 0 Å². The van der Waals surface area contributed by atoms with Crippen molar-refractivity contribution < 1.29 is 0 Å². The average molecular weight is 311 g/mol. The van der Waals surface area contributed by atoms with Crippen molar-refractivity contribution in [1.29, 1.82) is 0 Å². The SMILES string of the molecule is CCCN1B(C)N(c2ccccc2)[Si]N(c2nn[nH]n2)B1C. The van der Waals surface area contributed by atoms with Gasteiger partial charge in [-0.25, -0.2) is 0 Å². The highest BCUT2D eigenvalue weighted by molar-refractivity contribution is 6.92. The molecule has 0 amide bonds. The molecular formula is C12H19B2N7Si. The number of aromatic nitrogens is 4. The number of hydrogen-bond acceptors (Lipinski definition) is 6. The third kappa shape index (κ3) is 2.75. The summed E-state index contributed by atoms with van der Waals surface area (Å²) in [6.45, 7) is 8.29. The molecule has 1 N–H and O–H groups in total. The zero-order valence-corrected chi connectivity index (χ0v) is 14.1.